The minimum Gasteiger partial charge on any atom is -0.496 e. The summed E-state index contributed by atoms with van der Waals surface area (Å²) in [4.78, 5) is 11.4. The molecule has 0 bridgehead atoms. The van der Waals surface area contributed by atoms with Crippen LogP contribution in [0.1, 0.15) is 50.7 Å². The molecule has 0 spiro atoms. The zero-order valence-corrected chi connectivity index (χ0v) is 19.6. The first-order valence-electron chi connectivity index (χ1n) is 11.9. The Bertz CT molecular complexity index is 1040. The molecule has 3 N–H and O–H groups in total. The average molecular weight is 437 g/mol. The van der Waals surface area contributed by atoms with Crippen molar-refractivity contribution >= 4 is 22.8 Å². The Balaban J connectivity index is 1.53. The number of benzene rings is 1. The molecule has 1 aliphatic heterocycles. The zero-order valence-electron chi connectivity index (χ0n) is 19.6. The van der Waals surface area contributed by atoms with Gasteiger partial charge in [-0.05, 0) is 30.0 Å². The third-order valence-electron chi connectivity index (χ3n) is 6.41. The maximum atomic E-state index is 5.96. The van der Waals surface area contributed by atoms with Crippen LogP contribution >= 0.6 is 0 Å². The Labute approximate surface area is 191 Å². The van der Waals surface area contributed by atoms with Crippen LogP contribution in [0.5, 0.6) is 5.75 Å². The van der Waals surface area contributed by atoms with Crippen molar-refractivity contribution in [2.75, 3.05) is 37.8 Å². The lowest BCUT2D eigenvalue weighted by molar-refractivity contribution is 0.0898. The predicted octanol–water partition coefficient (Wildman–Crippen LogP) is 4.51. The number of methoxy groups -OCH3 is 1. The van der Waals surface area contributed by atoms with E-state index in [1.165, 1.54) is 37.9 Å². The summed E-state index contributed by atoms with van der Waals surface area (Å²) in [6.45, 7) is 9.43. The quantitative estimate of drug-likeness (QED) is 0.430. The number of likely N-dealkylation sites (tertiary alicyclic amines) is 1. The molecule has 0 atom stereocenters. The molecule has 1 aromatic carbocycles. The van der Waals surface area contributed by atoms with Gasteiger partial charge in [0.2, 0.25) is 5.95 Å². The molecule has 0 aliphatic carbocycles. The van der Waals surface area contributed by atoms with E-state index in [0.29, 0.717) is 12.5 Å². The Morgan fingerprint density at radius 3 is 2.72 bits per heavy atom. The Kier molecular flexibility index (Phi) is 7.15. The molecule has 0 radical (unpaired) electrons. The van der Waals surface area contributed by atoms with Gasteiger partial charge in [-0.2, -0.15) is 4.98 Å². The summed E-state index contributed by atoms with van der Waals surface area (Å²) in [6.07, 6.45) is 6.81. The van der Waals surface area contributed by atoms with Crippen LogP contribution < -0.4 is 15.8 Å². The van der Waals surface area contributed by atoms with Crippen LogP contribution in [-0.2, 0) is 13.1 Å². The van der Waals surface area contributed by atoms with Gasteiger partial charge >= 0.3 is 0 Å². The van der Waals surface area contributed by atoms with Crippen molar-refractivity contribution in [3.05, 3.63) is 41.6 Å². The van der Waals surface area contributed by atoms with Crippen molar-refractivity contribution in [1.82, 2.24) is 19.4 Å². The van der Waals surface area contributed by atoms with E-state index in [4.69, 9.17) is 10.5 Å². The van der Waals surface area contributed by atoms with Gasteiger partial charge in [0.25, 0.3) is 0 Å². The number of nitrogen functional groups attached to an aromatic ring is 1. The van der Waals surface area contributed by atoms with Crippen LogP contribution in [0.4, 0.5) is 11.8 Å². The zero-order chi connectivity index (χ0) is 22.5. The van der Waals surface area contributed by atoms with E-state index in [-0.39, 0.29) is 0 Å². The summed E-state index contributed by atoms with van der Waals surface area (Å²) in [7, 11) is 1.75. The normalized spacial score (nSPS) is 14.6. The minimum atomic E-state index is 0.298. The number of hydrogen-bond acceptors (Lipinski definition) is 6. The molecule has 7 heteroatoms. The van der Waals surface area contributed by atoms with Crippen LogP contribution in [0.2, 0.25) is 0 Å². The standard InChI is InChI=1S/C25H36N6O/c1-4-6-7-11-27-24-23-21(28-25(26)29-24)10-12-31(23)17-20-9-8-19(13-22(20)32-3)16-30-14-18(5-2)15-30/h8-10,12-13,18H,4-7,11,14-17H2,1-3H3,(H3,26,27,28,29). The lowest BCUT2D eigenvalue weighted by atomic mass is 9.96. The van der Waals surface area contributed by atoms with E-state index in [2.05, 4.69) is 56.8 Å². The second kappa shape index (κ2) is 10.2. The molecular formula is C25H36N6O. The summed E-state index contributed by atoms with van der Waals surface area (Å²) >= 11 is 0. The van der Waals surface area contributed by atoms with Gasteiger partial charge in [0.05, 0.1) is 19.2 Å². The van der Waals surface area contributed by atoms with Gasteiger partial charge in [0.1, 0.15) is 11.3 Å². The molecule has 3 aromatic rings. The maximum Gasteiger partial charge on any atom is 0.222 e. The monoisotopic (exact) mass is 436 g/mol. The SMILES string of the molecule is CCCCCNc1nc(N)nc2ccn(Cc3ccc(CN4CC(CC)C4)cc3OC)c12. The summed E-state index contributed by atoms with van der Waals surface area (Å²) < 4.78 is 7.94. The smallest absolute Gasteiger partial charge is 0.222 e. The van der Waals surface area contributed by atoms with Gasteiger partial charge in [0, 0.05) is 37.9 Å². The Morgan fingerprint density at radius 2 is 1.97 bits per heavy atom. The van der Waals surface area contributed by atoms with Gasteiger partial charge in [-0.1, -0.05) is 45.2 Å². The van der Waals surface area contributed by atoms with Crippen molar-refractivity contribution in [2.24, 2.45) is 5.92 Å². The number of nitrogens with zero attached hydrogens (tertiary/aromatic N) is 4. The predicted molar refractivity (Wildman–Crippen MR) is 131 cm³/mol. The van der Waals surface area contributed by atoms with Gasteiger partial charge in [-0.25, -0.2) is 4.98 Å². The second-order valence-electron chi connectivity index (χ2n) is 8.86. The number of fused-ring (bicyclic) bond motifs is 1. The van der Waals surface area contributed by atoms with E-state index in [0.717, 1.165) is 53.6 Å². The molecule has 1 fully saturated rings. The lowest BCUT2D eigenvalue weighted by Gasteiger charge is -2.39. The van der Waals surface area contributed by atoms with Crippen molar-refractivity contribution < 1.29 is 4.74 Å². The first-order valence-corrected chi connectivity index (χ1v) is 11.9. The lowest BCUT2D eigenvalue weighted by Crippen LogP contribution is -2.45. The van der Waals surface area contributed by atoms with Crippen LogP contribution in [0.3, 0.4) is 0 Å². The molecule has 0 amide bonds. The number of ether oxygens (including phenoxy) is 1. The molecule has 1 saturated heterocycles. The van der Waals surface area contributed by atoms with Crippen molar-refractivity contribution in [3.63, 3.8) is 0 Å². The van der Waals surface area contributed by atoms with Crippen molar-refractivity contribution in [1.29, 1.82) is 0 Å². The summed E-state index contributed by atoms with van der Waals surface area (Å²) in [6, 6.07) is 8.59. The molecule has 2 aromatic heterocycles. The van der Waals surface area contributed by atoms with Crippen LogP contribution in [0, 0.1) is 5.92 Å². The number of hydrogen-bond donors (Lipinski definition) is 2. The number of unbranched alkanes of at least 4 members (excludes halogenated alkanes) is 2. The van der Waals surface area contributed by atoms with Crippen LogP contribution in [0.15, 0.2) is 30.5 Å². The third-order valence-corrected chi connectivity index (χ3v) is 6.41. The largest absolute Gasteiger partial charge is 0.496 e. The van der Waals surface area contributed by atoms with Crippen molar-refractivity contribution in [2.45, 2.75) is 52.6 Å². The number of anilines is 2. The number of nitrogens with one attached hydrogen (secondary N) is 1. The van der Waals surface area contributed by atoms with E-state index in [9.17, 15) is 0 Å². The summed E-state index contributed by atoms with van der Waals surface area (Å²) in [5, 5.41) is 3.47. The average Bonchev–Trinajstić information content (AvgIpc) is 3.16. The molecule has 0 saturated carbocycles. The van der Waals surface area contributed by atoms with Gasteiger partial charge < -0.3 is 20.4 Å². The van der Waals surface area contributed by atoms with E-state index in [1.807, 2.05) is 12.3 Å². The number of nitrogens with two attached hydrogens (primary N) is 1. The highest BCUT2D eigenvalue weighted by Crippen LogP contribution is 2.28. The first-order chi connectivity index (χ1) is 15.6. The second-order valence-corrected chi connectivity index (χ2v) is 8.86. The highest BCUT2D eigenvalue weighted by molar-refractivity contribution is 5.87. The van der Waals surface area contributed by atoms with Gasteiger partial charge in [-0.3, -0.25) is 4.90 Å². The highest BCUT2D eigenvalue weighted by atomic mass is 16.5. The van der Waals surface area contributed by atoms with Crippen molar-refractivity contribution in [3.8, 4) is 5.75 Å². The Morgan fingerprint density at radius 1 is 1.12 bits per heavy atom. The van der Waals surface area contributed by atoms with Crippen LogP contribution in [0.25, 0.3) is 11.0 Å². The fourth-order valence-corrected chi connectivity index (χ4v) is 4.49. The van der Waals surface area contributed by atoms with Gasteiger partial charge in [0.15, 0.2) is 5.82 Å². The molecule has 4 rings (SSSR count). The highest BCUT2D eigenvalue weighted by Gasteiger charge is 2.24. The van der Waals surface area contributed by atoms with Gasteiger partial charge in [-0.15, -0.1) is 0 Å². The maximum absolute atomic E-state index is 5.96. The third kappa shape index (κ3) is 4.99. The first kappa shape index (κ1) is 22.4. The number of rotatable bonds is 11. The summed E-state index contributed by atoms with van der Waals surface area (Å²) in [5.74, 6) is 2.88. The molecule has 7 nitrogen and oxygen atoms in total. The molecule has 0 unspecified atom stereocenters. The fourth-order valence-electron chi connectivity index (χ4n) is 4.49. The topological polar surface area (TPSA) is 81.2 Å². The molecule has 1 aliphatic rings. The van der Waals surface area contributed by atoms with Crippen LogP contribution in [-0.4, -0.2) is 46.2 Å². The number of aromatic nitrogens is 3. The molecular weight excluding hydrogens is 400 g/mol. The molecule has 172 valence electrons. The minimum absolute atomic E-state index is 0.298. The van der Waals surface area contributed by atoms with E-state index >= 15 is 0 Å². The molecule has 3 heterocycles. The molecule has 32 heavy (non-hydrogen) atoms. The Hall–Kier alpha value is -2.80. The van der Waals surface area contributed by atoms with E-state index < -0.39 is 0 Å². The fraction of sp³-hybridized carbons (Fsp3) is 0.520. The van der Waals surface area contributed by atoms with E-state index in [1.54, 1.807) is 7.11 Å². The summed E-state index contributed by atoms with van der Waals surface area (Å²) in [5.41, 5.74) is 10.2.